The van der Waals surface area contributed by atoms with E-state index in [2.05, 4.69) is 26.0 Å². The van der Waals surface area contributed by atoms with Crippen LogP contribution in [0.3, 0.4) is 0 Å². The molecule has 35 heavy (non-hydrogen) atoms. The zero-order chi connectivity index (χ0) is 23.8. The van der Waals surface area contributed by atoms with Crippen LogP contribution in [0.1, 0.15) is 21.6 Å². The van der Waals surface area contributed by atoms with Gasteiger partial charge < -0.3 is 14.4 Å². The zero-order valence-electron chi connectivity index (χ0n) is 19.3. The first-order valence-corrected chi connectivity index (χ1v) is 12.4. The summed E-state index contributed by atoms with van der Waals surface area (Å²) in [5, 5.41) is 6.45. The largest absolute Gasteiger partial charge is 0.454 e. The Morgan fingerprint density at radius 1 is 1.09 bits per heavy atom. The van der Waals surface area contributed by atoms with Gasteiger partial charge in [0.15, 0.2) is 11.5 Å². The van der Waals surface area contributed by atoms with Gasteiger partial charge in [-0.25, -0.2) is 14.6 Å². The van der Waals surface area contributed by atoms with Gasteiger partial charge in [-0.05, 0) is 42.1 Å². The second-order valence-corrected chi connectivity index (χ2v) is 9.48. The number of carbonyl (C=O) groups excluding carboxylic acids is 1. The third kappa shape index (κ3) is 4.26. The van der Waals surface area contributed by atoms with Crippen molar-refractivity contribution < 1.29 is 14.3 Å². The minimum absolute atomic E-state index is 0.00843. The lowest BCUT2D eigenvalue weighted by Gasteiger charge is -2.34. The number of piperazine rings is 1. The van der Waals surface area contributed by atoms with E-state index in [0.29, 0.717) is 24.6 Å². The Morgan fingerprint density at radius 3 is 2.77 bits per heavy atom. The van der Waals surface area contributed by atoms with Crippen LogP contribution in [0.4, 0.5) is 0 Å². The summed E-state index contributed by atoms with van der Waals surface area (Å²) in [6, 6.07) is 12.0. The number of amides is 1. The fourth-order valence-electron chi connectivity index (χ4n) is 4.41. The van der Waals surface area contributed by atoms with Crippen molar-refractivity contribution in [2.24, 2.45) is 0 Å². The molecule has 178 valence electrons. The Balaban J connectivity index is 1.12. The van der Waals surface area contributed by atoms with E-state index in [-0.39, 0.29) is 12.7 Å². The monoisotopic (exact) mass is 488 g/mol. The molecule has 0 atom stereocenters. The van der Waals surface area contributed by atoms with Gasteiger partial charge in [0.25, 0.3) is 11.9 Å². The standard InChI is InChI=1S/C25H24N6O3S/c1-17-19(14-27-31(17)25-26-7-6-20(28-25)23-3-2-12-35-23)24(32)30-10-8-29(9-11-30)15-18-4-5-21-22(13-18)34-16-33-21/h2-7,12-14H,8-11,15-16H2,1H3. The molecule has 6 rings (SSSR count). The first-order valence-electron chi connectivity index (χ1n) is 11.5. The van der Waals surface area contributed by atoms with Gasteiger partial charge in [-0.3, -0.25) is 9.69 Å². The molecule has 0 unspecified atom stereocenters. The van der Waals surface area contributed by atoms with Crippen LogP contribution in [0.5, 0.6) is 11.5 Å². The van der Waals surface area contributed by atoms with E-state index < -0.39 is 0 Å². The smallest absolute Gasteiger partial charge is 0.257 e. The quantitative estimate of drug-likeness (QED) is 0.426. The molecule has 0 radical (unpaired) electrons. The average Bonchev–Trinajstić information content (AvgIpc) is 3.65. The Bertz CT molecular complexity index is 1360. The number of fused-ring (bicyclic) bond motifs is 1. The molecule has 9 nitrogen and oxygen atoms in total. The van der Waals surface area contributed by atoms with Crippen molar-refractivity contribution in [1.29, 1.82) is 0 Å². The van der Waals surface area contributed by atoms with Crippen LogP contribution < -0.4 is 9.47 Å². The molecule has 1 fully saturated rings. The van der Waals surface area contributed by atoms with Gasteiger partial charge >= 0.3 is 0 Å². The molecule has 2 aliphatic rings. The molecule has 0 saturated carbocycles. The molecular weight excluding hydrogens is 464 g/mol. The van der Waals surface area contributed by atoms with Gasteiger partial charge in [-0.2, -0.15) is 5.10 Å². The second kappa shape index (κ2) is 9.12. The number of hydrogen-bond acceptors (Lipinski definition) is 8. The van der Waals surface area contributed by atoms with Crippen molar-refractivity contribution in [1.82, 2.24) is 29.5 Å². The fraction of sp³-hybridized carbons (Fsp3) is 0.280. The summed E-state index contributed by atoms with van der Waals surface area (Å²) in [5.41, 5.74) is 3.34. The highest BCUT2D eigenvalue weighted by atomic mass is 32.1. The van der Waals surface area contributed by atoms with E-state index >= 15 is 0 Å². The third-order valence-electron chi connectivity index (χ3n) is 6.35. The van der Waals surface area contributed by atoms with Crippen LogP contribution in [0, 0.1) is 6.92 Å². The highest BCUT2D eigenvalue weighted by Gasteiger charge is 2.26. The number of rotatable bonds is 5. The number of benzene rings is 1. The van der Waals surface area contributed by atoms with Crippen molar-refractivity contribution in [3.8, 4) is 28.0 Å². The number of carbonyl (C=O) groups is 1. The van der Waals surface area contributed by atoms with Gasteiger partial charge in [0.05, 0.1) is 28.0 Å². The topological polar surface area (TPSA) is 85.6 Å². The predicted octanol–water partition coefficient (Wildman–Crippen LogP) is 3.39. The molecule has 5 heterocycles. The van der Waals surface area contributed by atoms with Gasteiger partial charge in [0.2, 0.25) is 6.79 Å². The normalized spacial score (nSPS) is 15.5. The SMILES string of the molecule is Cc1c(C(=O)N2CCN(Cc3ccc4c(c3)OCO4)CC2)cnn1-c1nccc(-c2cccs2)n1. The summed E-state index contributed by atoms with van der Waals surface area (Å²) in [5.74, 6) is 2.05. The molecule has 0 bridgehead atoms. The second-order valence-electron chi connectivity index (χ2n) is 8.53. The number of nitrogens with zero attached hydrogens (tertiary/aromatic N) is 6. The first kappa shape index (κ1) is 21.8. The molecular formula is C25H24N6O3S. The predicted molar refractivity (Wildman–Crippen MR) is 131 cm³/mol. The van der Waals surface area contributed by atoms with Crippen LogP contribution in [0.2, 0.25) is 0 Å². The molecule has 0 N–H and O–H groups in total. The van der Waals surface area contributed by atoms with E-state index in [1.165, 1.54) is 5.56 Å². The van der Waals surface area contributed by atoms with Crippen LogP contribution in [-0.2, 0) is 6.54 Å². The maximum atomic E-state index is 13.3. The van der Waals surface area contributed by atoms with Crippen LogP contribution in [-0.4, -0.2) is 68.4 Å². The number of ether oxygens (including phenoxy) is 2. The number of aromatic nitrogens is 4. The minimum atomic E-state index is -0.00843. The van der Waals surface area contributed by atoms with Crippen molar-refractivity contribution in [3.05, 3.63) is 71.0 Å². The maximum Gasteiger partial charge on any atom is 0.257 e. The molecule has 2 aliphatic heterocycles. The van der Waals surface area contributed by atoms with Gasteiger partial charge in [-0.1, -0.05) is 12.1 Å². The number of hydrogen-bond donors (Lipinski definition) is 0. The van der Waals surface area contributed by atoms with Crippen LogP contribution in [0.25, 0.3) is 16.5 Å². The molecule has 10 heteroatoms. The first-order chi connectivity index (χ1) is 17.2. The third-order valence-corrected chi connectivity index (χ3v) is 7.24. The summed E-state index contributed by atoms with van der Waals surface area (Å²) in [7, 11) is 0. The molecule has 3 aromatic heterocycles. The average molecular weight is 489 g/mol. The van der Waals surface area contributed by atoms with Crippen LogP contribution in [0.15, 0.2) is 54.2 Å². The van der Waals surface area contributed by atoms with E-state index in [9.17, 15) is 4.79 Å². The molecule has 0 spiro atoms. The Hall–Kier alpha value is -3.76. The lowest BCUT2D eigenvalue weighted by molar-refractivity contribution is 0.0627. The van der Waals surface area contributed by atoms with Crippen molar-refractivity contribution in [3.63, 3.8) is 0 Å². The summed E-state index contributed by atoms with van der Waals surface area (Å²) in [4.78, 5) is 27.6. The lowest BCUT2D eigenvalue weighted by Crippen LogP contribution is -2.48. The fourth-order valence-corrected chi connectivity index (χ4v) is 5.11. The van der Waals surface area contributed by atoms with Crippen LogP contribution >= 0.6 is 11.3 Å². The van der Waals surface area contributed by atoms with Crippen molar-refractivity contribution in [2.75, 3.05) is 33.0 Å². The molecule has 1 aromatic carbocycles. The summed E-state index contributed by atoms with van der Waals surface area (Å²) < 4.78 is 12.5. The summed E-state index contributed by atoms with van der Waals surface area (Å²) in [6.07, 6.45) is 3.34. The zero-order valence-corrected chi connectivity index (χ0v) is 20.1. The summed E-state index contributed by atoms with van der Waals surface area (Å²) >= 11 is 1.62. The van der Waals surface area contributed by atoms with E-state index in [1.54, 1.807) is 28.4 Å². The van der Waals surface area contributed by atoms with E-state index in [0.717, 1.165) is 47.4 Å². The number of thiophene rings is 1. The Labute approximate surface area is 206 Å². The van der Waals surface area contributed by atoms with Crippen molar-refractivity contribution >= 4 is 17.2 Å². The molecule has 1 amide bonds. The maximum absolute atomic E-state index is 13.3. The lowest BCUT2D eigenvalue weighted by atomic mass is 10.1. The minimum Gasteiger partial charge on any atom is -0.454 e. The molecule has 1 saturated heterocycles. The Morgan fingerprint density at radius 2 is 1.94 bits per heavy atom. The van der Waals surface area contributed by atoms with Gasteiger partial charge in [0.1, 0.15) is 0 Å². The van der Waals surface area contributed by atoms with Gasteiger partial charge in [0, 0.05) is 38.9 Å². The van der Waals surface area contributed by atoms with E-state index in [1.807, 2.05) is 47.5 Å². The van der Waals surface area contributed by atoms with Crippen molar-refractivity contribution in [2.45, 2.75) is 13.5 Å². The van der Waals surface area contributed by atoms with E-state index in [4.69, 9.17) is 9.47 Å². The van der Waals surface area contributed by atoms with Gasteiger partial charge in [-0.15, -0.1) is 11.3 Å². The summed E-state index contributed by atoms with van der Waals surface area (Å²) in [6.45, 7) is 5.92. The highest BCUT2D eigenvalue weighted by molar-refractivity contribution is 7.13. The molecule has 4 aromatic rings. The highest BCUT2D eigenvalue weighted by Crippen LogP contribution is 2.33. The molecule has 0 aliphatic carbocycles. The Kier molecular flexibility index (Phi) is 5.67.